The Morgan fingerprint density at radius 2 is 1.83 bits per heavy atom. The summed E-state index contributed by atoms with van der Waals surface area (Å²) >= 11 is 0. The molecule has 0 aliphatic carbocycles. The number of benzene rings is 1. The molecule has 0 bridgehead atoms. The number of para-hydroxylation sites is 2. The van der Waals surface area contributed by atoms with Crippen molar-refractivity contribution >= 4 is 17.6 Å². The van der Waals surface area contributed by atoms with Crippen LogP contribution < -0.4 is 10.1 Å². The third-order valence-corrected chi connectivity index (χ3v) is 5.19. The molecule has 1 aliphatic heterocycles. The van der Waals surface area contributed by atoms with Crippen LogP contribution in [0.2, 0.25) is 0 Å². The lowest BCUT2D eigenvalue weighted by Gasteiger charge is -2.34. The number of ether oxygens (including phenoxy) is 2. The number of carbonyl (C=O) groups excluding carboxylic acids is 2. The van der Waals surface area contributed by atoms with Gasteiger partial charge in [-0.25, -0.2) is 4.79 Å². The first-order valence-electron chi connectivity index (χ1n) is 11.2. The van der Waals surface area contributed by atoms with Crippen LogP contribution in [0.5, 0.6) is 5.75 Å². The van der Waals surface area contributed by atoms with Crippen LogP contribution in [0.1, 0.15) is 73.1 Å². The molecule has 1 saturated heterocycles. The fraction of sp³-hybridized carbons (Fsp3) is 0.667. The van der Waals surface area contributed by atoms with Gasteiger partial charge in [0.15, 0.2) is 5.78 Å². The van der Waals surface area contributed by atoms with Gasteiger partial charge in [0.25, 0.3) is 0 Å². The molecular weight excluding hydrogens is 380 g/mol. The van der Waals surface area contributed by atoms with Gasteiger partial charge in [0.1, 0.15) is 17.5 Å². The second-order valence-electron chi connectivity index (χ2n) is 9.08. The van der Waals surface area contributed by atoms with Crippen LogP contribution >= 0.6 is 0 Å². The number of unbranched alkanes of at least 4 members (excludes halogenated alkanes) is 2. The molecule has 1 unspecified atom stereocenters. The molecule has 2 rings (SSSR count). The predicted molar refractivity (Wildman–Crippen MR) is 120 cm³/mol. The first kappa shape index (κ1) is 24.0. The van der Waals surface area contributed by atoms with Crippen LogP contribution in [-0.2, 0) is 9.53 Å². The van der Waals surface area contributed by atoms with Gasteiger partial charge >= 0.3 is 6.09 Å². The third-order valence-electron chi connectivity index (χ3n) is 5.19. The number of hydrogen-bond donors (Lipinski definition) is 1. The summed E-state index contributed by atoms with van der Waals surface area (Å²) in [4.78, 5) is 26.1. The minimum atomic E-state index is -0.487. The predicted octanol–water partition coefficient (Wildman–Crippen LogP) is 5.41. The van der Waals surface area contributed by atoms with E-state index in [-0.39, 0.29) is 24.0 Å². The Morgan fingerprint density at radius 1 is 1.17 bits per heavy atom. The first-order valence-corrected chi connectivity index (χ1v) is 11.2. The van der Waals surface area contributed by atoms with E-state index in [0.717, 1.165) is 50.0 Å². The van der Waals surface area contributed by atoms with Crippen molar-refractivity contribution in [2.75, 3.05) is 18.4 Å². The molecule has 1 fully saturated rings. The van der Waals surface area contributed by atoms with E-state index in [0.29, 0.717) is 13.1 Å². The van der Waals surface area contributed by atoms with Crippen LogP contribution in [0.25, 0.3) is 0 Å². The Kier molecular flexibility index (Phi) is 9.00. The minimum absolute atomic E-state index is 0.0301. The molecule has 1 aliphatic rings. The molecule has 168 valence electrons. The molecule has 6 nitrogen and oxygen atoms in total. The highest BCUT2D eigenvalue weighted by atomic mass is 16.6. The van der Waals surface area contributed by atoms with Crippen molar-refractivity contribution in [3.63, 3.8) is 0 Å². The van der Waals surface area contributed by atoms with Crippen LogP contribution in [0, 0.1) is 0 Å². The lowest BCUT2D eigenvalue weighted by molar-refractivity contribution is -0.117. The lowest BCUT2D eigenvalue weighted by Crippen LogP contribution is -2.44. The molecule has 1 atom stereocenters. The van der Waals surface area contributed by atoms with E-state index in [1.807, 2.05) is 45.0 Å². The number of Topliss-reactive ketones (excluding diaryl/α,β-unsaturated/α-hetero) is 1. The highest BCUT2D eigenvalue weighted by Gasteiger charge is 2.28. The zero-order valence-corrected chi connectivity index (χ0v) is 19.2. The van der Waals surface area contributed by atoms with Crippen LogP contribution in [-0.4, -0.2) is 47.6 Å². The first-order chi connectivity index (χ1) is 14.2. The highest BCUT2D eigenvalue weighted by Crippen LogP contribution is 2.29. The molecule has 0 saturated carbocycles. The largest absolute Gasteiger partial charge is 0.488 e. The van der Waals surface area contributed by atoms with Crippen LogP contribution in [0.4, 0.5) is 10.5 Å². The Labute approximate surface area is 181 Å². The van der Waals surface area contributed by atoms with Gasteiger partial charge in [0.2, 0.25) is 0 Å². The molecule has 0 aromatic heterocycles. The van der Waals surface area contributed by atoms with Gasteiger partial charge in [0, 0.05) is 25.9 Å². The van der Waals surface area contributed by atoms with Gasteiger partial charge in [-0.1, -0.05) is 38.3 Å². The number of nitrogens with zero attached hydrogens (tertiary/aromatic N) is 1. The van der Waals surface area contributed by atoms with E-state index in [1.165, 1.54) is 0 Å². The maximum atomic E-state index is 12.2. The number of carbonyl (C=O) groups is 2. The topological polar surface area (TPSA) is 67.9 Å². The number of amides is 1. The lowest BCUT2D eigenvalue weighted by atomic mass is 10.0. The van der Waals surface area contributed by atoms with Crippen molar-refractivity contribution in [2.45, 2.75) is 90.9 Å². The molecule has 0 spiro atoms. The van der Waals surface area contributed by atoms with Crippen molar-refractivity contribution in [3.8, 4) is 5.75 Å². The number of anilines is 1. The summed E-state index contributed by atoms with van der Waals surface area (Å²) in [5.74, 6) is 0.904. The maximum Gasteiger partial charge on any atom is 0.410 e. The van der Waals surface area contributed by atoms with Crippen LogP contribution in [0.15, 0.2) is 24.3 Å². The van der Waals surface area contributed by atoms with E-state index in [1.54, 1.807) is 11.8 Å². The number of piperidine rings is 1. The summed E-state index contributed by atoms with van der Waals surface area (Å²) in [5, 5.41) is 3.39. The number of likely N-dealkylation sites (tertiary alicyclic amines) is 1. The molecule has 1 heterocycles. The number of rotatable bonds is 9. The Balaban J connectivity index is 1.94. The highest BCUT2D eigenvalue weighted by molar-refractivity contribution is 5.84. The van der Waals surface area contributed by atoms with Gasteiger partial charge in [-0.3, -0.25) is 4.79 Å². The molecule has 30 heavy (non-hydrogen) atoms. The second-order valence-corrected chi connectivity index (χ2v) is 9.08. The fourth-order valence-corrected chi connectivity index (χ4v) is 3.51. The number of nitrogens with one attached hydrogen (secondary N) is 1. The van der Waals surface area contributed by atoms with Gasteiger partial charge < -0.3 is 19.7 Å². The van der Waals surface area contributed by atoms with E-state index >= 15 is 0 Å². The SMILES string of the molecule is CCCCCC(Nc1ccccc1OC1CCN(C(=O)OC(C)(C)C)CC1)C(C)=O. The Hall–Kier alpha value is -2.24. The Bertz CT molecular complexity index is 691. The van der Waals surface area contributed by atoms with Crippen molar-refractivity contribution in [3.05, 3.63) is 24.3 Å². The molecule has 1 amide bonds. The molecule has 1 aromatic carbocycles. The molecule has 6 heteroatoms. The average Bonchev–Trinajstić information content (AvgIpc) is 2.67. The average molecular weight is 419 g/mol. The quantitative estimate of drug-likeness (QED) is 0.543. The van der Waals surface area contributed by atoms with Crippen LogP contribution in [0.3, 0.4) is 0 Å². The standard InChI is InChI=1S/C24H38N2O4/c1-6-7-8-11-20(18(2)27)25-21-12-9-10-13-22(21)29-19-14-16-26(17-15-19)23(28)30-24(3,4)5/h9-10,12-13,19-20,25H,6-8,11,14-17H2,1-5H3. The third kappa shape index (κ3) is 7.88. The zero-order chi connectivity index (χ0) is 22.1. The fourth-order valence-electron chi connectivity index (χ4n) is 3.51. The van der Waals surface area contributed by atoms with Crippen molar-refractivity contribution in [1.29, 1.82) is 0 Å². The summed E-state index contributed by atoms with van der Waals surface area (Å²) in [7, 11) is 0. The molecular formula is C24H38N2O4. The van der Waals surface area contributed by atoms with E-state index in [9.17, 15) is 9.59 Å². The normalized spacial score (nSPS) is 16.1. The second kappa shape index (κ2) is 11.2. The number of ketones is 1. The summed E-state index contributed by atoms with van der Waals surface area (Å²) in [6.45, 7) is 10.7. The van der Waals surface area contributed by atoms with Crippen molar-refractivity contribution in [1.82, 2.24) is 4.90 Å². The van der Waals surface area contributed by atoms with Gasteiger partial charge in [0.05, 0.1) is 11.7 Å². The zero-order valence-electron chi connectivity index (χ0n) is 19.2. The Morgan fingerprint density at radius 3 is 2.43 bits per heavy atom. The minimum Gasteiger partial charge on any atom is -0.488 e. The molecule has 1 aromatic rings. The van der Waals surface area contributed by atoms with Gasteiger partial charge in [-0.15, -0.1) is 0 Å². The van der Waals surface area contributed by atoms with Gasteiger partial charge in [-0.2, -0.15) is 0 Å². The monoisotopic (exact) mass is 418 g/mol. The molecule has 1 N–H and O–H groups in total. The van der Waals surface area contributed by atoms with Crippen molar-refractivity contribution < 1.29 is 19.1 Å². The van der Waals surface area contributed by atoms with E-state index in [2.05, 4.69) is 12.2 Å². The number of hydrogen-bond acceptors (Lipinski definition) is 5. The summed E-state index contributed by atoms with van der Waals surface area (Å²) in [6.07, 6.45) is 5.38. The summed E-state index contributed by atoms with van der Waals surface area (Å²) in [5.41, 5.74) is 0.364. The van der Waals surface area contributed by atoms with E-state index < -0.39 is 5.60 Å². The smallest absolute Gasteiger partial charge is 0.410 e. The van der Waals surface area contributed by atoms with Gasteiger partial charge in [-0.05, 0) is 46.2 Å². The molecule has 0 radical (unpaired) electrons. The summed E-state index contributed by atoms with van der Waals surface area (Å²) in [6, 6.07) is 7.59. The maximum absolute atomic E-state index is 12.2. The van der Waals surface area contributed by atoms with E-state index in [4.69, 9.17) is 9.47 Å². The summed E-state index contributed by atoms with van der Waals surface area (Å²) < 4.78 is 11.7. The van der Waals surface area contributed by atoms with Crippen molar-refractivity contribution in [2.24, 2.45) is 0 Å².